The van der Waals surface area contributed by atoms with E-state index in [-0.39, 0.29) is 29.3 Å². The van der Waals surface area contributed by atoms with Crippen LogP contribution in [-0.4, -0.2) is 39.5 Å². The van der Waals surface area contributed by atoms with E-state index in [1.165, 1.54) is 0 Å². The minimum Gasteiger partial charge on any atom is -0.461 e. The van der Waals surface area contributed by atoms with Gasteiger partial charge in [0.25, 0.3) is 0 Å². The number of carbonyl (C=O) groups is 1. The third-order valence-electron chi connectivity index (χ3n) is 2.22. The number of rotatable bonds is 7. The molecule has 112 valence electrons. The van der Waals surface area contributed by atoms with Crippen molar-refractivity contribution in [3.8, 4) is 6.01 Å². The number of anilines is 1. The Morgan fingerprint density at radius 3 is 2.60 bits per heavy atom. The van der Waals surface area contributed by atoms with Crippen LogP contribution in [0, 0.1) is 0 Å². The molecule has 0 aliphatic heterocycles. The molecule has 2 N–H and O–H groups in total. The van der Waals surface area contributed by atoms with Gasteiger partial charge in [0.05, 0.1) is 6.10 Å². The molecule has 1 aromatic heterocycles. The Morgan fingerprint density at radius 2 is 2.00 bits per heavy atom. The number of aromatic nitrogens is 3. The monoisotopic (exact) mass is 301 g/mol. The summed E-state index contributed by atoms with van der Waals surface area (Å²) in [7, 11) is 0. The lowest BCUT2D eigenvalue weighted by Crippen LogP contribution is -2.38. The quantitative estimate of drug-likeness (QED) is 0.796. The van der Waals surface area contributed by atoms with Crippen LogP contribution in [-0.2, 0) is 4.79 Å². The fraction of sp³-hybridized carbons (Fsp3) is 0.667. The molecule has 0 aliphatic rings. The number of amides is 1. The largest absolute Gasteiger partial charge is 0.461 e. The van der Waals surface area contributed by atoms with Gasteiger partial charge in [0.15, 0.2) is 0 Å². The lowest BCUT2D eigenvalue weighted by Gasteiger charge is -2.14. The zero-order valence-corrected chi connectivity index (χ0v) is 12.9. The summed E-state index contributed by atoms with van der Waals surface area (Å²) in [6.07, 6.45) is 0.800. The summed E-state index contributed by atoms with van der Waals surface area (Å²) in [6.45, 7) is 8.03. The van der Waals surface area contributed by atoms with Gasteiger partial charge in [0.1, 0.15) is 6.04 Å². The maximum Gasteiger partial charge on any atom is 0.322 e. The second-order valence-corrected chi connectivity index (χ2v) is 4.87. The van der Waals surface area contributed by atoms with Gasteiger partial charge in [0, 0.05) is 6.54 Å². The van der Waals surface area contributed by atoms with Crippen LogP contribution in [0.25, 0.3) is 0 Å². The standard InChI is InChI=1S/C12H20ClN5O2/c1-5-6-14-9(19)8(4)15-11-16-10(13)17-12(18-11)20-7(2)3/h7-8H,5-6H2,1-4H3,(H,14,19)(H,15,16,17,18). The summed E-state index contributed by atoms with van der Waals surface area (Å²) in [5, 5.41) is 5.66. The Balaban J connectivity index is 2.71. The highest BCUT2D eigenvalue weighted by molar-refractivity contribution is 6.28. The van der Waals surface area contributed by atoms with Crippen LogP contribution in [0.2, 0.25) is 5.28 Å². The van der Waals surface area contributed by atoms with Gasteiger partial charge in [-0.05, 0) is 38.8 Å². The average Bonchev–Trinajstić information content (AvgIpc) is 2.34. The van der Waals surface area contributed by atoms with Crippen LogP contribution >= 0.6 is 11.6 Å². The molecular weight excluding hydrogens is 282 g/mol. The molecule has 0 saturated heterocycles. The predicted octanol–water partition coefficient (Wildman–Crippen LogP) is 1.64. The van der Waals surface area contributed by atoms with E-state index in [0.717, 1.165) is 6.42 Å². The van der Waals surface area contributed by atoms with Crippen molar-refractivity contribution in [1.29, 1.82) is 0 Å². The Bertz CT molecular complexity index is 455. The zero-order valence-electron chi connectivity index (χ0n) is 12.1. The van der Waals surface area contributed by atoms with Gasteiger partial charge in [-0.1, -0.05) is 6.92 Å². The average molecular weight is 302 g/mol. The van der Waals surface area contributed by atoms with Gasteiger partial charge >= 0.3 is 6.01 Å². The van der Waals surface area contributed by atoms with E-state index >= 15 is 0 Å². The number of hydrogen-bond donors (Lipinski definition) is 2. The molecule has 7 nitrogen and oxygen atoms in total. The Labute approximate surface area is 123 Å². The molecular formula is C12H20ClN5O2. The highest BCUT2D eigenvalue weighted by Gasteiger charge is 2.15. The fourth-order valence-electron chi connectivity index (χ4n) is 1.32. The SMILES string of the molecule is CCCNC(=O)C(C)Nc1nc(Cl)nc(OC(C)C)n1. The summed E-state index contributed by atoms with van der Waals surface area (Å²) in [5.74, 6) is 0.0783. The van der Waals surface area contributed by atoms with Gasteiger partial charge in [0.2, 0.25) is 17.1 Å². The van der Waals surface area contributed by atoms with E-state index in [9.17, 15) is 4.79 Å². The van der Waals surface area contributed by atoms with Crippen molar-refractivity contribution in [2.24, 2.45) is 0 Å². The minimum absolute atomic E-state index is 0.0133. The molecule has 0 fully saturated rings. The number of nitrogens with one attached hydrogen (secondary N) is 2. The summed E-state index contributed by atoms with van der Waals surface area (Å²) in [5.41, 5.74) is 0. The normalized spacial score (nSPS) is 12.1. The third-order valence-corrected chi connectivity index (χ3v) is 2.39. The molecule has 0 aliphatic carbocycles. The van der Waals surface area contributed by atoms with Crippen molar-refractivity contribution >= 4 is 23.5 Å². The second-order valence-electron chi connectivity index (χ2n) is 4.53. The number of halogens is 1. The van der Waals surface area contributed by atoms with E-state index in [1.807, 2.05) is 20.8 Å². The van der Waals surface area contributed by atoms with Crippen LogP contribution in [0.15, 0.2) is 0 Å². The van der Waals surface area contributed by atoms with Gasteiger partial charge in [-0.3, -0.25) is 4.79 Å². The first-order valence-corrected chi connectivity index (χ1v) is 6.92. The fourth-order valence-corrected chi connectivity index (χ4v) is 1.47. The lowest BCUT2D eigenvalue weighted by molar-refractivity contribution is -0.121. The molecule has 20 heavy (non-hydrogen) atoms. The summed E-state index contributed by atoms with van der Waals surface area (Å²) in [6, 6.07) is -0.351. The number of nitrogens with zero attached hydrogens (tertiary/aromatic N) is 3. The number of carbonyl (C=O) groups excluding carboxylic acids is 1. The molecule has 8 heteroatoms. The molecule has 0 spiro atoms. The highest BCUT2D eigenvalue weighted by atomic mass is 35.5. The van der Waals surface area contributed by atoms with E-state index in [0.29, 0.717) is 6.54 Å². The minimum atomic E-state index is -0.480. The summed E-state index contributed by atoms with van der Waals surface area (Å²) >= 11 is 5.80. The second kappa shape index (κ2) is 7.84. The molecule has 0 bridgehead atoms. The number of ether oxygens (including phenoxy) is 1. The maximum absolute atomic E-state index is 11.7. The van der Waals surface area contributed by atoms with E-state index in [2.05, 4.69) is 25.6 Å². The van der Waals surface area contributed by atoms with Crippen LogP contribution < -0.4 is 15.4 Å². The highest BCUT2D eigenvalue weighted by Crippen LogP contribution is 2.13. The van der Waals surface area contributed by atoms with Gasteiger partial charge < -0.3 is 15.4 Å². The van der Waals surface area contributed by atoms with Crippen molar-refractivity contribution in [1.82, 2.24) is 20.3 Å². The van der Waals surface area contributed by atoms with Crippen LogP contribution in [0.3, 0.4) is 0 Å². The first-order chi connectivity index (χ1) is 9.42. The van der Waals surface area contributed by atoms with Crippen molar-refractivity contribution < 1.29 is 9.53 Å². The molecule has 1 aromatic rings. The first kappa shape index (κ1) is 16.4. The molecule has 1 rings (SSSR count). The predicted molar refractivity (Wildman–Crippen MR) is 77.0 cm³/mol. The van der Waals surface area contributed by atoms with E-state index in [1.54, 1.807) is 6.92 Å². The smallest absolute Gasteiger partial charge is 0.322 e. The van der Waals surface area contributed by atoms with Gasteiger partial charge in [-0.2, -0.15) is 15.0 Å². The maximum atomic E-state index is 11.7. The molecule has 1 heterocycles. The van der Waals surface area contributed by atoms with Crippen molar-refractivity contribution in [2.45, 2.75) is 46.3 Å². The summed E-state index contributed by atoms with van der Waals surface area (Å²) < 4.78 is 5.36. The van der Waals surface area contributed by atoms with Crippen LogP contribution in [0.4, 0.5) is 5.95 Å². The third kappa shape index (κ3) is 5.56. The van der Waals surface area contributed by atoms with Crippen molar-refractivity contribution in [3.05, 3.63) is 5.28 Å². The van der Waals surface area contributed by atoms with Crippen LogP contribution in [0.5, 0.6) is 6.01 Å². The van der Waals surface area contributed by atoms with Crippen molar-refractivity contribution in [2.75, 3.05) is 11.9 Å². The lowest BCUT2D eigenvalue weighted by atomic mass is 10.3. The molecule has 0 saturated carbocycles. The summed E-state index contributed by atoms with van der Waals surface area (Å²) in [4.78, 5) is 23.6. The van der Waals surface area contributed by atoms with Crippen LogP contribution in [0.1, 0.15) is 34.1 Å². The molecule has 1 unspecified atom stereocenters. The van der Waals surface area contributed by atoms with Gasteiger partial charge in [-0.25, -0.2) is 0 Å². The van der Waals surface area contributed by atoms with E-state index in [4.69, 9.17) is 16.3 Å². The Kier molecular flexibility index (Phi) is 6.44. The van der Waals surface area contributed by atoms with Crippen molar-refractivity contribution in [3.63, 3.8) is 0 Å². The topological polar surface area (TPSA) is 89.0 Å². The van der Waals surface area contributed by atoms with E-state index < -0.39 is 6.04 Å². The Hall–Kier alpha value is -1.63. The van der Waals surface area contributed by atoms with Gasteiger partial charge in [-0.15, -0.1) is 0 Å². The molecule has 1 amide bonds. The first-order valence-electron chi connectivity index (χ1n) is 6.54. The molecule has 1 atom stereocenters. The Morgan fingerprint density at radius 1 is 1.30 bits per heavy atom. The molecule has 0 radical (unpaired) electrons. The number of hydrogen-bond acceptors (Lipinski definition) is 6. The molecule has 0 aromatic carbocycles. The zero-order chi connectivity index (χ0) is 15.1.